The van der Waals surface area contributed by atoms with Gasteiger partial charge in [0.2, 0.25) is 5.95 Å². The SMILES string of the molecule is Cc1ccc(-c2ncccn2)c(C(=O)N2C(CNc3nccc(C(F)(F)F)n3)CCC3CC32)c1. The predicted molar refractivity (Wildman–Crippen MR) is 119 cm³/mol. The molecule has 3 aromatic rings. The molecule has 1 aliphatic heterocycles. The third-order valence-electron chi connectivity index (χ3n) is 6.40. The molecule has 1 amide bonds. The summed E-state index contributed by atoms with van der Waals surface area (Å²) in [6.07, 6.45) is 2.47. The lowest BCUT2D eigenvalue weighted by atomic mass is 9.97. The Morgan fingerprint density at radius 1 is 1.12 bits per heavy atom. The lowest BCUT2D eigenvalue weighted by Crippen LogP contribution is -2.48. The number of nitrogens with one attached hydrogen (secondary N) is 1. The quantitative estimate of drug-likeness (QED) is 0.599. The molecule has 3 unspecified atom stereocenters. The topological polar surface area (TPSA) is 83.9 Å². The molecule has 0 spiro atoms. The van der Waals surface area contributed by atoms with Gasteiger partial charge in [0.25, 0.3) is 5.91 Å². The zero-order valence-electron chi connectivity index (χ0n) is 18.5. The molecule has 1 aromatic carbocycles. The maximum Gasteiger partial charge on any atom is 0.433 e. The van der Waals surface area contributed by atoms with Crippen LogP contribution in [0.2, 0.25) is 0 Å². The molecule has 176 valence electrons. The van der Waals surface area contributed by atoms with Gasteiger partial charge < -0.3 is 10.2 Å². The van der Waals surface area contributed by atoms with E-state index in [0.717, 1.165) is 37.1 Å². The number of hydrogen-bond acceptors (Lipinski definition) is 6. The minimum atomic E-state index is -4.55. The second kappa shape index (κ2) is 8.66. The zero-order chi connectivity index (χ0) is 23.9. The predicted octanol–water partition coefficient (Wildman–Crippen LogP) is 4.37. The minimum Gasteiger partial charge on any atom is -0.352 e. The summed E-state index contributed by atoms with van der Waals surface area (Å²) in [6, 6.07) is 8.11. The van der Waals surface area contributed by atoms with Crippen LogP contribution < -0.4 is 5.32 Å². The molecule has 1 saturated carbocycles. The average molecular weight is 468 g/mol. The van der Waals surface area contributed by atoms with Gasteiger partial charge in [-0.2, -0.15) is 13.2 Å². The Hall–Kier alpha value is -3.56. The molecule has 0 bridgehead atoms. The number of halogens is 3. The highest BCUT2D eigenvalue weighted by Crippen LogP contribution is 2.46. The number of aromatic nitrogens is 4. The third kappa shape index (κ3) is 4.44. The van der Waals surface area contributed by atoms with E-state index < -0.39 is 11.9 Å². The number of piperidine rings is 1. The fourth-order valence-corrected chi connectivity index (χ4v) is 4.63. The number of benzene rings is 1. The first kappa shape index (κ1) is 22.2. The number of rotatable bonds is 5. The number of likely N-dealkylation sites (tertiary alicyclic amines) is 1. The summed E-state index contributed by atoms with van der Waals surface area (Å²) in [6.45, 7) is 2.19. The molecular formula is C24H23F3N6O. The van der Waals surface area contributed by atoms with Crippen LogP contribution in [-0.4, -0.2) is 49.4 Å². The molecular weight excluding hydrogens is 445 g/mol. The number of nitrogens with zero attached hydrogens (tertiary/aromatic N) is 5. The van der Waals surface area contributed by atoms with Crippen LogP contribution in [0.5, 0.6) is 0 Å². The van der Waals surface area contributed by atoms with Crippen molar-refractivity contribution in [3.05, 3.63) is 65.7 Å². The first-order valence-corrected chi connectivity index (χ1v) is 11.2. The van der Waals surface area contributed by atoms with Crippen molar-refractivity contribution in [1.29, 1.82) is 0 Å². The van der Waals surface area contributed by atoms with Gasteiger partial charge in [-0.25, -0.2) is 19.9 Å². The Bertz CT molecular complexity index is 1200. The summed E-state index contributed by atoms with van der Waals surface area (Å²) in [5, 5.41) is 2.92. The first-order chi connectivity index (χ1) is 16.3. The molecule has 34 heavy (non-hydrogen) atoms. The van der Waals surface area contributed by atoms with E-state index in [0.29, 0.717) is 22.9 Å². The van der Waals surface area contributed by atoms with E-state index in [4.69, 9.17) is 0 Å². The van der Waals surface area contributed by atoms with Crippen molar-refractivity contribution >= 4 is 11.9 Å². The van der Waals surface area contributed by atoms with Crippen LogP contribution in [0.15, 0.2) is 48.9 Å². The van der Waals surface area contributed by atoms with Crippen molar-refractivity contribution in [1.82, 2.24) is 24.8 Å². The van der Waals surface area contributed by atoms with Gasteiger partial charge in [-0.05, 0) is 50.3 Å². The van der Waals surface area contributed by atoms with Crippen LogP contribution in [0, 0.1) is 12.8 Å². The molecule has 1 N–H and O–H groups in total. The highest BCUT2D eigenvalue weighted by Gasteiger charge is 2.50. The summed E-state index contributed by atoms with van der Waals surface area (Å²) in [4.78, 5) is 31.9. The van der Waals surface area contributed by atoms with Crippen LogP contribution in [0.1, 0.15) is 40.9 Å². The second-order valence-corrected chi connectivity index (χ2v) is 8.77. The van der Waals surface area contributed by atoms with Crippen LogP contribution in [0.25, 0.3) is 11.4 Å². The molecule has 2 fully saturated rings. The van der Waals surface area contributed by atoms with E-state index in [1.165, 1.54) is 0 Å². The zero-order valence-corrected chi connectivity index (χ0v) is 18.5. The van der Waals surface area contributed by atoms with Crippen LogP contribution in [0.3, 0.4) is 0 Å². The van der Waals surface area contributed by atoms with Crippen LogP contribution in [0.4, 0.5) is 19.1 Å². The summed E-state index contributed by atoms with van der Waals surface area (Å²) >= 11 is 0. The fraction of sp³-hybridized carbons (Fsp3) is 0.375. The normalized spacial score (nSPS) is 21.6. The van der Waals surface area contributed by atoms with Gasteiger partial charge in [0.05, 0.1) is 5.56 Å². The van der Waals surface area contributed by atoms with Crippen molar-refractivity contribution in [2.75, 3.05) is 11.9 Å². The molecule has 5 rings (SSSR count). The van der Waals surface area contributed by atoms with E-state index in [-0.39, 0.29) is 30.5 Å². The van der Waals surface area contributed by atoms with E-state index in [2.05, 4.69) is 25.3 Å². The molecule has 2 aromatic heterocycles. The number of alkyl halides is 3. The third-order valence-corrected chi connectivity index (χ3v) is 6.40. The maximum absolute atomic E-state index is 13.9. The number of aryl methyl sites for hydroxylation is 1. The Labute approximate surface area is 194 Å². The van der Waals surface area contributed by atoms with Crippen molar-refractivity contribution < 1.29 is 18.0 Å². The number of hydrogen-bond donors (Lipinski definition) is 1. The minimum absolute atomic E-state index is 0.103. The molecule has 1 aliphatic carbocycles. The molecule has 3 heterocycles. The number of carbonyl (C=O) groups is 1. The fourth-order valence-electron chi connectivity index (χ4n) is 4.63. The Balaban J connectivity index is 1.41. The van der Waals surface area contributed by atoms with Crippen molar-refractivity contribution in [2.24, 2.45) is 5.92 Å². The summed E-state index contributed by atoms with van der Waals surface area (Å²) in [5.74, 6) is 0.720. The van der Waals surface area contributed by atoms with Gasteiger partial charge >= 0.3 is 6.18 Å². The Morgan fingerprint density at radius 2 is 1.91 bits per heavy atom. The monoisotopic (exact) mass is 468 g/mol. The number of carbonyl (C=O) groups excluding carboxylic acids is 1. The lowest BCUT2D eigenvalue weighted by molar-refractivity contribution is -0.141. The summed E-state index contributed by atoms with van der Waals surface area (Å²) in [7, 11) is 0. The summed E-state index contributed by atoms with van der Waals surface area (Å²) in [5.41, 5.74) is 1.13. The number of anilines is 1. The van der Waals surface area contributed by atoms with Crippen molar-refractivity contribution in [3.63, 3.8) is 0 Å². The standard InChI is InChI=1S/C24H23F3N6O/c1-14-3-6-17(21-28-8-2-9-29-21)18(11-14)22(34)33-16(5-4-15-12-19(15)33)13-31-23-30-10-7-20(32-23)24(25,26)27/h2-3,6-11,15-16,19H,4-5,12-13H2,1H3,(H,30,31,32). The highest BCUT2D eigenvalue weighted by atomic mass is 19.4. The molecule has 3 atom stereocenters. The van der Waals surface area contributed by atoms with Gasteiger partial charge in [0, 0.05) is 42.8 Å². The van der Waals surface area contributed by atoms with E-state index in [9.17, 15) is 18.0 Å². The largest absolute Gasteiger partial charge is 0.433 e. The van der Waals surface area contributed by atoms with Gasteiger partial charge in [0.1, 0.15) is 5.69 Å². The highest BCUT2D eigenvalue weighted by molar-refractivity contribution is 6.01. The number of fused-ring (bicyclic) bond motifs is 1. The molecule has 2 aliphatic rings. The van der Waals surface area contributed by atoms with Gasteiger partial charge in [-0.1, -0.05) is 17.7 Å². The van der Waals surface area contributed by atoms with Gasteiger partial charge in [-0.15, -0.1) is 0 Å². The van der Waals surface area contributed by atoms with Gasteiger partial charge in [-0.3, -0.25) is 4.79 Å². The number of amides is 1. The van der Waals surface area contributed by atoms with Gasteiger partial charge in [0.15, 0.2) is 5.82 Å². The first-order valence-electron chi connectivity index (χ1n) is 11.2. The smallest absolute Gasteiger partial charge is 0.352 e. The molecule has 1 saturated heterocycles. The second-order valence-electron chi connectivity index (χ2n) is 8.77. The Kier molecular flexibility index (Phi) is 5.66. The van der Waals surface area contributed by atoms with E-state index in [1.54, 1.807) is 18.5 Å². The van der Waals surface area contributed by atoms with Crippen molar-refractivity contribution in [2.45, 2.75) is 44.4 Å². The van der Waals surface area contributed by atoms with E-state index >= 15 is 0 Å². The summed E-state index contributed by atoms with van der Waals surface area (Å²) < 4.78 is 39.0. The molecule has 10 heteroatoms. The average Bonchev–Trinajstić information content (AvgIpc) is 3.62. The van der Waals surface area contributed by atoms with Crippen LogP contribution >= 0.6 is 0 Å². The Morgan fingerprint density at radius 3 is 2.68 bits per heavy atom. The van der Waals surface area contributed by atoms with Crippen molar-refractivity contribution in [3.8, 4) is 11.4 Å². The van der Waals surface area contributed by atoms with Crippen LogP contribution in [-0.2, 0) is 6.18 Å². The lowest BCUT2D eigenvalue weighted by Gasteiger charge is -2.36. The molecule has 7 nitrogen and oxygen atoms in total. The van der Waals surface area contributed by atoms with E-state index in [1.807, 2.05) is 30.0 Å². The molecule has 0 radical (unpaired) electrons. The maximum atomic E-state index is 13.9.